The number of nitrogens with one attached hydrogen (secondary N) is 2. The highest BCUT2D eigenvalue weighted by molar-refractivity contribution is 7.89. The summed E-state index contributed by atoms with van der Waals surface area (Å²) in [6, 6.07) is 4.92. The van der Waals surface area contributed by atoms with Crippen molar-refractivity contribution in [1.82, 2.24) is 10.0 Å². The van der Waals surface area contributed by atoms with Crippen LogP contribution in [0.5, 0.6) is 0 Å². The van der Waals surface area contributed by atoms with E-state index in [4.69, 9.17) is 5.73 Å². The Morgan fingerprint density at radius 3 is 2.58 bits per heavy atom. The molecular weight excluding hydrogens is 264 g/mol. The van der Waals surface area contributed by atoms with Gasteiger partial charge in [-0.1, -0.05) is 0 Å². The highest BCUT2D eigenvalue weighted by atomic mass is 32.2. The third kappa shape index (κ3) is 4.09. The molecule has 4 N–H and O–H groups in total. The maximum Gasteiger partial charge on any atom is 0.242 e. The van der Waals surface area contributed by atoms with Gasteiger partial charge in [-0.15, -0.1) is 0 Å². The van der Waals surface area contributed by atoms with Crippen LogP contribution < -0.4 is 20.7 Å². The standard InChI is InChI=1S/C12H22N4O2S/c1-14-7-4-8-16(3)11-6-5-10(13)9-12(11)19(17,18)15-2/h5-6,9,14-15H,4,7-8,13H2,1-3H3. The monoisotopic (exact) mass is 286 g/mol. The molecule has 6 nitrogen and oxygen atoms in total. The first-order valence-electron chi connectivity index (χ1n) is 6.11. The maximum absolute atomic E-state index is 12.0. The molecule has 1 aromatic carbocycles. The number of nitrogens with two attached hydrogens (primary N) is 1. The average Bonchev–Trinajstić information content (AvgIpc) is 2.38. The number of hydrogen-bond acceptors (Lipinski definition) is 5. The number of rotatable bonds is 7. The molecule has 0 unspecified atom stereocenters. The van der Waals surface area contributed by atoms with E-state index in [1.54, 1.807) is 12.1 Å². The third-order valence-corrected chi connectivity index (χ3v) is 4.32. The van der Waals surface area contributed by atoms with E-state index in [1.807, 2.05) is 19.0 Å². The van der Waals surface area contributed by atoms with Crippen LogP contribution >= 0.6 is 0 Å². The average molecular weight is 286 g/mol. The van der Waals surface area contributed by atoms with E-state index in [9.17, 15) is 8.42 Å². The molecule has 0 saturated carbocycles. The summed E-state index contributed by atoms with van der Waals surface area (Å²) in [5.41, 5.74) is 6.76. The molecule has 0 aromatic heterocycles. The Bertz CT molecular complexity index is 516. The SMILES string of the molecule is CNCCCN(C)c1ccc(N)cc1S(=O)(=O)NC. The molecule has 0 radical (unpaired) electrons. The molecule has 1 aromatic rings. The van der Waals surface area contributed by atoms with Gasteiger partial charge in [-0.3, -0.25) is 0 Å². The normalized spacial score (nSPS) is 11.5. The topological polar surface area (TPSA) is 87.5 Å². The van der Waals surface area contributed by atoms with Crippen molar-refractivity contribution in [3.8, 4) is 0 Å². The van der Waals surface area contributed by atoms with Gasteiger partial charge in [0.25, 0.3) is 0 Å². The molecule has 0 aliphatic rings. The maximum atomic E-state index is 12.0. The number of benzene rings is 1. The highest BCUT2D eigenvalue weighted by Gasteiger charge is 2.19. The minimum atomic E-state index is -3.51. The Hall–Kier alpha value is -1.31. The molecule has 0 spiro atoms. The first-order chi connectivity index (χ1) is 8.92. The minimum Gasteiger partial charge on any atom is -0.399 e. The van der Waals surface area contributed by atoms with Crippen molar-refractivity contribution in [2.24, 2.45) is 0 Å². The van der Waals surface area contributed by atoms with E-state index in [0.717, 1.165) is 19.5 Å². The summed E-state index contributed by atoms with van der Waals surface area (Å²) in [5, 5.41) is 3.06. The van der Waals surface area contributed by atoms with Crippen LogP contribution in [-0.2, 0) is 10.0 Å². The van der Waals surface area contributed by atoms with Gasteiger partial charge in [0.05, 0.1) is 5.69 Å². The predicted octanol–water partition coefficient (Wildman–Crippen LogP) is 0.223. The van der Waals surface area contributed by atoms with Gasteiger partial charge in [0.1, 0.15) is 4.90 Å². The summed E-state index contributed by atoms with van der Waals surface area (Å²) < 4.78 is 26.3. The van der Waals surface area contributed by atoms with E-state index < -0.39 is 10.0 Å². The Balaban J connectivity index is 3.07. The van der Waals surface area contributed by atoms with E-state index >= 15 is 0 Å². The number of hydrogen-bond donors (Lipinski definition) is 3. The van der Waals surface area contributed by atoms with Crippen LogP contribution in [0.15, 0.2) is 23.1 Å². The number of nitrogen functional groups attached to an aromatic ring is 1. The largest absolute Gasteiger partial charge is 0.399 e. The van der Waals surface area contributed by atoms with E-state index in [2.05, 4.69) is 10.0 Å². The Labute approximate surface area is 115 Å². The van der Waals surface area contributed by atoms with Gasteiger partial charge in [-0.25, -0.2) is 13.1 Å². The summed E-state index contributed by atoms with van der Waals surface area (Å²) in [7, 11) is 1.64. The van der Waals surface area contributed by atoms with Gasteiger partial charge in [0.2, 0.25) is 10.0 Å². The van der Waals surface area contributed by atoms with Crippen molar-refractivity contribution in [2.45, 2.75) is 11.3 Å². The first-order valence-corrected chi connectivity index (χ1v) is 7.59. The lowest BCUT2D eigenvalue weighted by atomic mass is 10.2. The van der Waals surface area contributed by atoms with Crippen LogP contribution in [0.2, 0.25) is 0 Å². The second-order valence-corrected chi connectivity index (χ2v) is 6.17. The van der Waals surface area contributed by atoms with Crippen molar-refractivity contribution < 1.29 is 8.42 Å². The molecule has 0 fully saturated rings. The quantitative estimate of drug-likeness (QED) is 0.493. The van der Waals surface area contributed by atoms with Crippen molar-refractivity contribution in [3.63, 3.8) is 0 Å². The fourth-order valence-electron chi connectivity index (χ4n) is 1.78. The van der Waals surface area contributed by atoms with Crippen LogP contribution in [0.3, 0.4) is 0 Å². The molecule has 0 amide bonds. The summed E-state index contributed by atoms with van der Waals surface area (Å²) in [6.45, 7) is 1.64. The van der Waals surface area contributed by atoms with E-state index in [0.29, 0.717) is 11.4 Å². The lowest BCUT2D eigenvalue weighted by Gasteiger charge is -2.22. The van der Waals surface area contributed by atoms with Crippen molar-refractivity contribution >= 4 is 21.4 Å². The van der Waals surface area contributed by atoms with Gasteiger partial charge in [-0.05, 0) is 45.3 Å². The minimum absolute atomic E-state index is 0.210. The predicted molar refractivity (Wildman–Crippen MR) is 78.9 cm³/mol. The van der Waals surface area contributed by atoms with E-state index in [-0.39, 0.29) is 4.90 Å². The zero-order valence-corrected chi connectivity index (χ0v) is 12.4. The zero-order chi connectivity index (χ0) is 14.5. The lowest BCUT2D eigenvalue weighted by Crippen LogP contribution is -2.26. The van der Waals surface area contributed by atoms with Gasteiger partial charge in [-0.2, -0.15) is 0 Å². The lowest BCUT2D eigenvalue weighted by molar-refractivity contribution is 0.588. The molecule has 0 aliphatic heterocycles. The summed E-state index contributed by atoms with van der Waals surface area (Å²) in [4.78, 5) is 2.13. The van der Waals surface area contributed by atoms with Gasteiger partial charge < -0.3 is 16.0 Å². The molecule has 1 rings (SSSR count). The van der Waals surface area contributed by atoms with Crippen molar-refractivity contribution in [2.75, 3.05) is 44.9 Å². The molecule has 0 heterocycles. The summed E-state index contributed by atoms with van der Waals surface area (Å²) >= 11 is 0. The highest BCUT2D eigenvalue weighted by Crippen LogP contribution is 2.26. The molecule has 0 bridgehead atoms. The molecule has 108 valence electrons. The van der Waals surface area contributed by atoms with Crippen molar-refractivity contribution in [3.05, 3.63) is 18.2 Å². The van der Waals surface area contributed by atoms with Gasteiger partial charge >= 0.3 is 0 Å². The van der Waals surface area contributed by atoms with Crippen LogP contribution in [-0.4, -0.2) is 42.7 Å². The first kappa shape index (κ1) is 15.7. The van der Waals surface area contributed by atoms with Gasteiger partial charge in [0, 0.05) is 19.3 Å². The van der Waals surface area contributed by atoms with E-state index in [1.165, 1.54) is 13.1 Å². The fraction of sp³-hybridized carbons (Fsp3) is 0.500. The molecule has 19 heavy (non-hydrogen) atoms. The second-order valence-electron chi connectivity index (χ2n) is 4.31. The Kier molecular flexibility index (Phi) is 5.59. The second kappa shape index (κ2) is 6.74. The molecule has 0 atom stereocenters. The smallest absolute Gasteiger partial charge is 0.242 e. The molecule has 7 heteroatoms. The van der Waals surface area contributed by atoms with Crippen molar-refractivity contribution in [1.29, 1.82) is 0 Å². The molecule has 0 saturated heterocycles. The zero-order valence-electron chi connectivity index (χ0n) is 11.6. The fourth-order valence-corrected chi connectivity index (χ4v) is 2.80. The van der Waals surface area contributed by atoms with Crippen LogP contribution in [0.25, 0.3) is 0 Å². The van der Waals surface area contributed by atoms with Crippen LogP contribution in [0.4, 0.5) is 11.4 Å². The summed E-state index contributed by atoms with van der Waals surface area (Å²) in [5.74, 6) is 0. The third-order valence-electron chi connectivity index (χ3n) is 2.87. The van der Waals surface area contributed by atoms with Crippen LogP contribution in [0.1, 0.15) is 6.42 Å². The Morgan fingerprint density at radius 1 is 1.32 bits per heavy atom. The van der Waals surface area contributed by atoms with Gasteiger partial charge in [0.15, 0.2) is 0 Å². The number of anilines is 2. The number of sulfonamides is 1. The number of nitrogens with zero attached hydrogens (tertiary/aromatic N) is 1. The molecule has 0 aliphatic carbocycles. The van der Waals surface area contributed by atoms with Crippen LogP contribution in [0, 0.1) is 0 Å². The summed E-state index contributed by atoms with van der Waals surface area (Å²) in [6.07, 6.45) is 0.927. The molecular formula is C12H22N4O2S. The Morgan fingerprint density at radius 2 is 2.00 bits per heavy atom.